The third-order valence-corrected chi connectivity index (χ3v) is 6.97. The third-order valence-electron chi connectivity index (χ3n) is 6.97. The number of likely N-dealkylation sites (N-methyl/N-ethyl adjacent to an activating group) is 1. The maximum atomic E-state index is 12.6. The van der Waals surface area contributed by atoms with Gasteiger partial charge in [-0.1, -0.05) is 36.9 Å². The Morgan fingerprint density at radius 1 is 1.11 bits per heavy atom. The minimum atomic E-state index is -0.476. The number of primary amides is 1. The van der Waals surface area contributed by atoms with Crippen LogP contribution >= 0.6 is 0 Å². The fourth-order valence-corrected chi connectivity index (χ4v) is 4.71. The van der Waals surface area contributed by atoms with Gasteiger partial charge < -0.3 is 36.8 Å². The van der Waals surface area contributed by atoms with Gasteiger partial charge in [0.15, 0.2) is 0 Å². The van der Waals surface area contributed by atoms with Gasteiger partial charge in [0.1, 0.15) is 5.82 Å². The molecule has 4 rings (SSSR count). The number of hydrogen-bond donors (Lipinski definition) is 4. The Morgan fingerprint density at radius 2 is 1.91 bits per heavy atom. The van der Waals surface area contributed by atoms with Crippen LogP contribution in [0.4, 0.5) is 34.5 Å². The van der Waals surface area contributed by atoms with Crippen LogP contribution in [0.1, 0.15) is 43.0 Å². The van der Waals surface area contributed by atoms with Crippen molar-refractivity contribution in [1.82, 2.24) is 19.8 Å². The Balaban J connectivity index is 0.00000529. The van der Waals surface area contributed by atoms with E-state index in [-0.39, 0.29) is 33.0 Å². The van der Waals surface area contributed by atoms with Crippen LogP contribution < -0.4 is 21.7 Å². The van der Waals surface area contributed by atoms with E-state index in [2.05, 4.69) is 32.8 Å². The van der Waals surface area contributed by atoms with Crippen molar-refractivity contribution in [3.8, 4) is 0 Å². The van der Waals surface area contributed by atoms with Crippen molar-refractivity contribution in [2.75, 3.05) is 56.2 Å². The molecule has 11 nitrogen and oxygen atoms in total. The standard InChI is InChI=1S/C32H42N9O2.W/c1-4-17-34-31-28(22-35-32(39-31)38-25-14-12-23(13-15-25)30(33)43)37-27-9-5-8-26(21-27)36-24-10-6-19-41(20-16-24)29(42)11-7-18-40(2)3;/h5,7-9,11-15,21-22,24,36H,4,6,10,16-20H2,1-3H3,(H4,33,34,35,38,39,43);/q-1;/b11-7+;. The van der Waals surface area contributed by atoms with E-state index in [0.717, 1.165) is 68.9 Å². The predicted octanol–water partition coefficient (Wildman–Crippen LogP) is 5.39. The molecular formula is C32H42N9O2W-. The Bertz CT molecular complexity index is 1400. The van der Waals surface area contributed by atoms with Crippen LogP contribution in [0.25, 0.3) is 5.32 Å². The van der Waals surface area contributed by atoms with Crippen LogP contribution in [0.5, 0.6) is 0 Å². The van der Waals surface area contributed by atoms with Crippen molar-refractivity contribution in [3.05, 3.63) is 77.8 Å². The van der Waals surface area contributed by atoms with E-state index in [4.69, 9.17) is 11.1 Å². The van der Waals surface area contributed by atoms with Gasteiger partial charge in [-0.25, -0.2) is 4.98 Å². The maximum Gasteiger partial charge on any atom is 0.248 e. The number of hydrogen-bond acceptors (Lipinski definition) is 8. The number of aromatic nitrogens is 2. The molecule has 12 heteroatoms. The molecular weight excluding hydrogens is 726 g/mol. The first-order valence-corrected chi connectivity index (χ1v) is 14.8. The second-order valence-corrected chi connectivity index (χ2v) is 10.8. The van der Waals surface area contributed by atoms with Crippen molar-refractivity contribution >= 4 is 46.3 Å². The number of anilines is 4. The largest absolute Gasteiger partial charge is 0.654 e. The monoisotopic (exact) mass is 768 g/mol. The molecule has 1 fully saturated rings. The summed E-state index contributed by atoms with van der Waals surface area (Å²) in [4.78, 5) is 37.1. The molecule has 1 aromatic heterocycles. The number of nitrogens with one attached hydrogen (secondary N) is 3. The molecule has 0 saturated carbocycles. The van der Waals surface area contributed by atoms with Crippen LogP contribution in [0.3, 0.4) is 0 Å². The summed E-state index contributed by atoms with van der Waals surface area (Å²) in [5.74, 6) is 0.643. The summed E-state index contributed by atoms with van der Waals surface area (Å²) in [5.41, 5.74) is 8.91. The van der Waals surface area contributed by atoms with Gasteiger partial charge in [0, 0.05) is 82.5 Å². The van der Waals surface area contributed by atoms with Crippen LogP contribution in [-0.2, 0) is 25.9 Å². The van der Waals surface area contributed by atoms with E-state index in [0.29, 0.717) is 23.0 Å². The molecule has 1 aliphatic rings. The van der Waals surface area contributed by atoms with Gasteiger partial charge in [-0.3, -0.25) is 9.59 Å². The smallest absolute Gasteiger partial charge is 0.248 e. The Morgan fingerprint density at radius 3 is 2.64 bits per heavy atom. The fourth-order valence-electron chi connectivity index (χ4n) is 4.71. The Kier molecular flexibility index (Phi) is 13.6. The average molecular weight is 769 g/mol. The fraction of sp³-hybridized carbons (Fsp3) is 0.375. The molecule has 44 heavy (non-hydrogen) atoms. The maximum absolute atomic E-state index is 12.6. The molecule has 1 atom stereocenters. The molecule has 0 aliphatic carbocycles. The first kappa shape index (κ1) is 34.5. The zero-order valence-electron chi connectivity index (χ0n) is 25.6. The SMILES string of the molecule is CCCNc1nc(Nc2ccc(C(N)=O)cc2)ncc1[N-]c1cccc(NC2CCCN(C(=O)/C=C/CN(C)C)CC2)c1.[W]. The Labute approximate surface area is 274 Å². The quantitative estimate of drug-likeness (QED) is 0.170. The topological polar surface area (TPSA) is 143 Å². The predicted molar refractivity (Wildman–Crippen MR) is 174 cm³/mol. The summed E-state index contributed by atoms with van der Waals surface area (Å²) in [6.07, 6.45) is 9.05. The average Bonchev–Trinajstić information content (AvgIpc) is 3.23. The van der Waals surface area contributed by atoms with Crippen molar-refractivity contribution in [1.29, 1.82) is 0 Å². The number of benzene rings is 2. The number of nitrogens with two attached hydrogens (primary N) is 1. The molecule has 1 unspecified atom stereocenters. The minimum Gasteiger partial charge on any atom is -0.654 e. The Hall–Kier alpha value is -3.95. The van der Waals surface area contributed by atoms with Crippen LogP contribution in [-0.4, -0.2) is 77.9 Å². The summed E-state index contributed by atoms with van der Waals surface area (Å²) in [5, 5.41) is 15.0. The zero-order chi connectivity index (χ0) is 30.6. The number of carbonyl (C=O) groups is 2. The molecule has 5 N–H and O–H groups in total. The first-order chi connectivity index (χ1) is 20.8. The number of likely N-dealkylation sites (tertiary alicyclic amines) is 1. The number of nitrogens with zero attached hydrogens (tertiary/aromatic N) is 5. The van der Waals surface area contributed by atoms with Crippen molar-refractivity contribution in [2.45, 2.75) is 38.6 Å². The second kappa shape index (κ2) is 17.4. The van der Waals surface area contributed by atoms with Crippen molar-refractivity contribution in [3.63, 3.8) is 0 Å². The van der Waals surface area contributed by atoms with Gasteiger partial charge in [-0.2, -0.15) is 4.98 Å². The number of rotatable bonds is 13. The summed E-state index contributed by atoms with van der Waals surface area (Å²) >= 11 is 0. The van der Waals surface area contributed by atoms with Gasteiger partial charge in [-0.15, -0.1) is 5.69 Å². The molecule has 234 valence electrons. The molecule has 2 heterocycles. The van der Waals surface area contributed by atoms with Crippen LogP contribution in [0.15, 0.2) is 66.9 Å². The molecule has 0 spiro atoms. The third kappa shape index (κ3) is 10.6. The summed E-state index contributed by atoms with van der Waals surface area (Å²) in [7, 11) is 3.97. The zero-order valence-corrected chi connectivity index (χ0v) is 28.6. The normalized spacial score (nSPS) is 14.9. The molecule has 2 aromatic carbocycles. The number of amides is 2. The van der Waals surface area contributed by atoms with Crippen LogP contribution in [0, 0.1) is 0 Å². The van der Waals surface area contributed by atoms with Crippen LogP contribution in [0.2, 0.25) is 0 Å². The summed E-state index contributed by atoms with van der Waals surface area (Å²) < 4.78 is 0. The minimum absolute atomic E-state index is 0. The van der Waals surface area contributed by atoms with Gasteiger partial charge in [0.2, 0.25) is 17.8 Å². The molecule has 3 aromatic rings. The van der Waals surface area contributed by atoms with Gasteiger partial charge in [-0.05, 0) is 70.1 Å². The molecule has 1 aliphatic heterocycles. The van der Waals surface area contributed by atoms with E-state index < -0.39 is 5.91 Å². The molecule has 0 bridgehead atoms. The van der Waals surface area contributed by atoms with Gasteiger partial charge in [0.05, 0.1) is 0 Å². The van der Waals surface area contributed by atoms with E-state index >= 15 is 0 Å². The first-order valence-electron chi connectivity index (χ1n) is 14.8. The van der Waals surface area contributed by atoms with E-state index in [9.17, 15) is 9.59 Å². The van der Waals surface area contributed by atoms with Crippen molar-refractivity contribution < 1.29 is 30.7 Å². The van der Waals surface area contributed by atoms with Crippen molar-refractivity contribution in [2.24, 2.45) is 5.73 Å². The molecule has 0 radical (unpaired) electrons. The molecule has 2 amide bonds. The molecule has 1 saturated heterocycles. The van der Waals surface area contributed by atoms with Gasteiger partial charge in [0.25, 0.3) is 0 Å². The summed E-state index contributed by atoms with van der Waals surface area (Å²) in [6.45, 7) is 5.08. The van der Waals surface area contributed by atoms with E-state index in [1.807, 2.05) is 54.2 Å². The number of carbonyl (C=O) groups excluding carboxylic acids is 2. The summed E-state index contributed by atoms with van der Waals surface area (Å²) in [6, 6.07) is 15.1. The van der Waals surface area contributed by atoms with Gasteiger partial charge >= 0.3 is 0 Å². The van der Waals surface area contributed by atoms with E-state index in [1.165, 1.54) is 0 Å². The second-order valence-electron chi connectivity index (χ2n) is 10.8. The van der Waals surface area contributed by atoms with E-state index in [1.54, 1.807) is 36.5 Å².